The molecule has 6 heteroatoms. The minimum atomic E-state index is -0.706. The van der Waals surface area contributed by atoms with E-state index in [1.54, 1.807) is 0 Å². The molecule has 0 bridgehead atoms. The van der Waals surface area contributed by atoms with Crippen LogP contribution in [0.1, 0.15) is 57.7 Å². The Labute approximate surface area is 240 Å². The molecule has 40 heavy (non-hydrogen) atoms. The van der Waals surface area contributed by atoms with Crippen molar-refractivity contribution in [1.29, 1.82) is 0 Å². The van der Waals surface area contributed by atoms with E-state index in [4.69, 9.17) is 4.74 Å². The first-order valence-corrected chi connectivity index (χ1v) is 14.1. The molecule has 6 nitrogen and oxygen atoms in total. The van der Waals surface area contributed by atoms with Gasteiger partial charge in [-0.25, -0.2) is 0 Å². The number of rotatable bonds is 13. The number of nitrogens with zero attached hydrogens (tertiary/aromatic N) is 1. The van der Waals surface area contributed by atoms with Gasteiger partial charge in [-0.05, 0) is 69.0 Å². The monoisotopic (exact) mass is 543 g/mol. The summed E-state index contributed by atoms with van der Waals surface area (Å²) in [5.41, 5.74) is 2.76. The molecule has 3 rings (SSSR count). The zero-order valence-corrected chi connectivity index (χ0v) is 24.8. The smallest absolute Gasteiger partial charge is 0.243 e. The van der Waals surface area contributed by atoms with E-state index in [1.165, 1.54) is 0 Å². The largest absolute Gasteiger partial charge is 0.489 e. The van der Waals surface area contributed by atoms with Gasteiger partial charge in [0.15, 0.2) is 0 Å². The zero-order chi connectivity index (χ0) is 29.1. The molecule has 0 saturated heterocycles. The molecule has 0 spiro atoms. The Morgan fingerprint density at radius 2 is 1.38 bits per heavy atom. The second-order valence-corrected chi connectivity index (χ2v) is 12.0. The summed E-state index contributed by atoms with van der Waals surface area (Å²) in [5.74, 6) is 0.745. The first kappa shape index (κ1) is 30.9. The standard InChI is InChI=1S/C34H45N3O3/c1-25(2)21-31(37(6)23-27-13-9-7-10-14-27)33(39)35-30(32(38)36-34(3,4)5)22-26-17-19-29(20-18-26)40-24-28-15-11-8-12-16-28/h7-20,25,30-31H,21-24H2,1-6H3,(H,35,39)(H,36,38)/t30-,31-/m0/s1. The maximum absolute atomic E-state index is 13.7. The lowest BCUT2D eigenvalue weighted by molar-refractivity contribution is -0.132. The molecular weight excluding hydrogens is 498 g/mol. The van der Waals surface area contributed by atoms with Crippen LogP contribution in [0.4, 0.5) is 0 Å². The van der Waals surface area contributed by atoms with Crippen molar-refractivity contribution in [3.8, 4) is 5.75 Å². The fourth-order valence-corrected chi connectivity index (χ4v) is 4.55. The highest BCUT2D eigenvalue weighted by atomic mass is 16.5. The lowest BCUT2D eigenvalue weighted by Crippen LogP contribution is -2.56. The van der Waals surface area contributed by atoms with Gasteiger partial charge in [0, 0.05) is 18.5 Å². The van der Waals surface area contributed by atoms with Gasteiger partial charge in [-0.2, -0.15) is 0 Å². The maximum atomic E-state index is 13.7. The number of carbonyl (C=O) groups is 2. The molecule has 0 radical (unpaired) electrons. The number of ether oxygens (including phenoxy) is 1. The third kappa shape index (κ3) is 10.5. The summed E-state index contributed by atoms with van der Waals surface area (Å²) in [6.07, 6.45) is 1.07. The summed E-state index contributed by atoms with van der Waals surface area (Å²) in [6.45, 7) is 11.2. The van der Waals surface area contributed by atoms with Crippen LogP contribution in [-0.4, -0.2) is 41.4 Å². The lowest BCUT2D eigenvalue weighted by Gasteiger charge is -2.31. The second-order valence-electron chi connectivity index (χ2n) is 12.0. The highest BCUT2D eigenvalue weighted by Crippen LogP contribution is 2.18. The van der Waals surface area contributed by atoms with Crippen molar-refractivity contribution in [2.24, 2.45) is 5.92 Å². The van der Waals surface area contributed by atoms with Gasteiger partial charge in [0.05, 0.1) is 6.04 Å². The van der Waals surface area contributed by atoms with Gasteiger partial charge in [0.2, 0.25) is 11.8 Å². The SMILES string of the molecule is CC(C)C[C@@H](C(=O)N[C@@H](Cc1ccc(OCc2ccccc2)cc1)C(=O)NC(C)(C)C)N(C)Cc1ccccc1. The van der Waals surface area contributed by atoms with E-state index in [1.807, 2.05) is 101 Å². The summed E-state index contributed by atoms with van der Waals surface area (Å²) < 4.78 is 5.92. The first-order chi connectivity index (χ1) is 19.0. The Bertz CT molecular complexity index is 1190. The Morgan fingerprint density at radius 3 is 1.93 bits per heavy atom. The van der Waals surface area contributed by atoms with Crippen LogP contribution in [0.25, 0.3) is 0 Å². The quantitative estimate of drug-likeness (QED) is 0.288. The predicted octanol–water partition coefficient (Wildman–Crippen LogP) is 5.75. The number of likely N-dealkylation sites (N-methyl/N-ethyl adjacent to an activating group) is 1. The van der Waals surface area contributed by atoms with E-state index < -0.39 is 11.6 Å². The Balaban J connectivity index is 1.73. The summed E-state index contributed by atoms with van der Waals surface area (Å²) in [5, 5.41) is 6.15. The van der Waals surface area contributed by atoms with Crippen molar-refractivity contribution >= 4 is 11.8 Å². The van der Waals surface area contributed by atoms with Crippen LogP contribution < -0.4 is 15.4 Å². The van der Waals surface area contributed by atoms with E-state index in [9.17, 15) is 9.59 Å². The number of nitrogens with one attached hydrogen (secondary N) is 2. The minimum Gasteiger partial charge on any atom is -0.489 e. The predicted molar refractivity (Wildman–Crippen MR) is 162 cm³/mol. The molecule has 2 atom stereocenters. The van der Waals surface area contributed by atoms with Crippen molar-refractivity contribution in [3.63, 3.8) is 0 Å². The van der Waals surface area contributed by atoms with E-state index in [-0.39, 0.29) is 17.9 Å². The topological polar surface area (TPSA) is 70.7 Å². The van der Waals surface area contributed by atoms with E-state index in [0.717, 1.165) is 22.4 Å². The van der Waals surface area contributed by atoms with Crippen molar-refractivity contribution < 1.29 is 14.3 Å². The van der Waals surface area contributed by atoms with Crippen LogP contribution >= 0.6 is 0 Å². The van der Waals surface area contributed by atoms with Gasteiger partial charge in [-0.3, -0.25) is 14.5 Å². The van der Waals surface area contributed by atoms with Gasteiger partial charge in [0.1, 0.15) is 18.4 Å². The van der Waals surface area contributed by atoms with Crippen molar-refractivity contribution in [2.45, 2.75) is 78.2 Å². The summed E-state index contributed by atoms with van der Waals surface area (Å²) in [7, 11) is 1.97. The molecule has 0 aliphatic rings. The molecule has 0 aliphatic heterocycles. The molecule has 3 aromatic carbocycles. The molecule has 0 heterocycles. The van der Waals surface area contributed by atoms with Gasteiger partial charge < -0.3 is 15.4 Å². The van der Waals surface area contributed by atoms with Crippen LogP contribution in [0.2, 0.25) is 0 Å². The summed E-state index contributed by atoms with van der Waals surface area (Å²) in [6, 6.07) is 26.8. The number of benzene rings is 3. The van der Waals surface area contributed by atoms with Crippen LogP contribution in [-0.2, 0) is 29.2 Å². The summed E-state index contributed by atoms with van der Waals surface area (Å²) >= 11 is 0. The highest BCUT2D eigenvalue weighted by molar-refractivity contribution is 5.90. The second kappa shape index (κ2) is 14.7. The molecule has 214 valence electrons. The molecule has 0 aliphatic carbocycles. The number of hydrogen-bond acceptors (Lipinski definition) is 4. The van der Waals surface area contributed by atoms with Crippen LogP contribution in [0.5, 0.6) is 5.75 Å². The average Bonchev–Trinajstić information content (AvgIpc) is 2.91. The number of amides is 2. The minimum absolute atomic E-state index is 0.135. The lowest BCUT2D eigenvalue weighted by atomic mass is 9.99. The molecule has 3 aromatic rings. The number of carbonyl (C=O) groups excluding carboxylic acids is 2. The highest BCUT2D eigenvalue weighted by Gasteiger charge is 2.30. The fraction of sp³-hybridized carbons (Fsp3) is 0.412. The van der Waals surface area contributed by atoms with Crippen molar-refractivity contribution in [3.05, 3.63) is 102 Å². The zero-order valence-electron chi connectivity index (χ0n) is 24.8. The average molecular weight is 544 g/mol. The molecule has 2 N–H and O–H groups in total. The number of hydrogen-bond donors (Lipinski definition) is 2. The summed E-state index contributed by atoms with van der Waals surface area (Å²) in [4.78, 5) is 29.1. The third-order valence-electron chi connectivity index (χ3n) is 6.55. The van der Waals surface area contributed by atoms with E-state index in [0.29, 0.717) is 31.9 Å². The molecule has 0 aromatic heterocycles. The Kier molecular flexibility index (Phi) is 11.3. The molecule has 0 unspecified atom stereocenters. The van der Waals surface area contributed by atoms with Gasteiger partial charge in [-0.15, -0.1) is 0 Å². The molecular formula is C34H45N3O3. The van der Waals surface area contributed by atoms with Crippen LogP contribution in [0.3, 0.4) is 0 Å². The Hall–Kier alpha value is -3.64. The van der Waals surface area contributed by atoms with E-state index >= 15 is 0 Å². The fourth-order valence-electron chi connectivity index (χ4n) is 4.55. The maximum Gasteiger partial charge on any atom is 0.243 e. The van der Waals surface area contributed by atoms with Crippen LogP contribution in [0, 0.1) is 5.92 Å². The van der Waals surface area contributed by atoms with Gasteiger partial charge in [-0.1, -0.05) is 86.6 Å². The molecule has 0 fully saturated rings. The van der Waals surface area contributed by atoms with Gasteiger partial charge >= 0.3 is 0 Å². The Morgan fingerprint density at radius 1 is 0.800 bits per heavy atom. The van der Waals surface area contributed by atoms with Crippen molar-refractivity contribution in [2.75, 3.05) is 7.05 Å². The molecule has 2 amide bonds. The third-order valence-corrected chi connectivity index (χ3v) is 6.55. The first-order valence-electron chi connectivity index (χ1n) is 14.1. The normalized spacial score (nSPS) is 13.1. The van der Waals surface area contributed by atoms with Gasteiger partial charge in [0.25, 0.3) is 0 Å². The van der Waals surface area contributed by atoms with Crippen LogP contribution in [0.15, 0.2) is 84.9 Å². The van der Waals surface area contributed by atoms with Crippen molar-refractivity contribution in [1.82, 2.24) is 15.5 Å². The van der Waals surface area contributed by atoms with E-state index in [2.05, 4.69) is 41.5 Å². The molecule has 0 saturated carbocycles.